The fourth-order valence-electron chi connectivity index (χ4n) is 3.37. The summed E-state index contributed by atoms with van der Waals surface area (Å²) in [5.41, 5.74) is 3.84. The van der Waals surface area contributed by atoms with Crippen molar-refractivity contribution in [3.8, 4) is 11.3 Å². The minimum atomic E-state index is -0.495. The predicted octanol–water partition coefficient (Wildman–Crippen LogP) is 2.71. The van der Waals surface area contributed by atoms with Gasteiger partial charge in [0.2, 0.25) is 0 Å². The van der Waals surface area contributed by atoms with Crippen molar-refractivity contribution in [1.82, 2.24) is 24.1 Å². The number of hydrogen-bond acceptors (Lipinski definition) is 6. The maximum atomic E-state index is 14.1. The maximum Gasteiger partial charge on any atom is 0.310 e. The monoisotopic (exact) mass is 394 g/mol. The molecule has 29 heavy (non-hydrogen) atoms. The number of nitrogens with zero attached hydrogens (tertiary/aromatic N) is 5. The van der Waals surface area contributed by atoms with Gasteiger partial charge in [0.1, 0.15) is 5.82 Å². The third-order valence-corrected chi connectivity index (χ3v) is 5.07. The molecule has 3 heterocycles. The molecule has 1 aromatic carbocycles. The van der Waals surface area contributed by atoms with Crippen LogP contribution in [0.2, 0.25) is 0 Å². The second-order valence-electron chi connectivity index (χ2n) is 7.27. The van der Waals surface area contributed by atoms with E-state index in [9.17, 15) is 9.18 Å². The van der Waals surface area contributed by atoms with Crippen LogP contribution in [0.1, 0.15) is 18.4 Å². The second kappa shape index (κ2) is 6.54. The van der Waals surface area contributed by atoms with Crippen LogP contribution in [0.4, 0.5) is 10.2 Å². The zero-order chi connectivity index (χ0) is 20.1. The summed E-state index contributed by atoms with van der Waals surface area (Å²) in [6.45, 7) is 0. The van der Waals surface area contributed by atoms with Crippen LogP contribution in [-0.4, -0.2) is 43.3 Å². The van der Waals surface area contributed by atoms with E-state index in [4.69, 9.17) is 4.98 Å². The third kappa shape index (κ3) is 3.08. The molecule has 1 aliphatic carbocycles. The molecule has 0 atom stereocenters. The summed E-state index contributed by atoms with van der Waals surface area (Å²) in [6.07, 6.45) is 3.86. The number of esters is 1. The number of carbonyl (C=O) groups excluding carboxylic acids is 1. The largest absolute Gasteiger partial charge is 0.469 e. The lowest BCUT2D eigenvalue weighted by Gasteiger charge is -2.06. The lowest BCUT2D eigenvalue weighted by molar-refractivity contribution is -0.139. The molecular weight excluding hydrogens is 375 g/mol. The number of imidazole rings is 1. The number of halogens is 1. The Morgan fingerprint density at radius 1 is 1.34 bits per heavy atom. The van der Waals surface area contributed by atoms with Crippen LogP contribution < -0.4 is 5.32 Å². The van der Waals surface area contributed by atoms with E-state index < -0.39 is 11.8 Å². The van der Waals surface area contributed by atoms with Gasteiger partial charge in [-0.25, -0.2) is 14.4 Å². The van der Waals surface area contributed by atoms with Crippen molar-refractivity contribution in [2.45, 2.75) is 25.3 Å². The molecule has 0 amide bonds. The van der Waals surface area contributed by atoms with Gasteiger partial charge in [0.15, 0.2) is 22.6 Å². The van der Waals surface area contributed by atoms with Crippen molar-refractivity contribution in [1.29, 1.82) is 0 Å². The summed E-state index contributed by atoms with van der Waals surface area (Å²) in [7, 11) is 3.19. The van der Waals surface area contributed by atoms with Crippen molar-refractivity contribution in [2.24, 2.45) is 7.05 Å². The molecule has 0 unspecified atom stereocenters. The van der Waals surface area contributed by atoms with Gasteiger partial charge in [0.05, 0.1) is 25.6 Å². The SMILES string of the molecule is COC(=O)Cc1cc(-c2cc3nc(NC4CC4)c4ncn(C)c4n3n2)ccc1F. The molecular formula is C20H19FN6O2. The van der Waals surface area contributed by atoms with Crippen molar-refractivity contribution < 1.29 is 13.9 Å². The van der Waals surface area contributed by atoms with Gasteiger partial charge in [-0.2, -0.15) is 9.61 Å². The number of fused-ring (bicyclic) bond motifs is 3. The summed E-state index contributed by atoms with van der Waals surface area (Å²) < 4.78 is 22.4. The molecule has 3 aromatic heterocycles. The minimum Gasteiger partial charge on any atom is -0.469 e. The lowest BCUT2D eigenvalue weighted by Crippen LogP contribution is -2.07. The van der Waals surface area contributed by atoms with E-state index in [2.05, 4.69) is 20.1 Å². The molecule has 0 bridgehead atoms. The standard InChI is InChI=1S/C20H19FN6O2/c1-26-10-22-18-19(23-13-4-5-13)24-16-9-15(25-27(16)20(18)26)11-3-6-14(21)12(7-11)8-17(28)29-2/h3,6-7,9-10,13H,4-5,8H2,1-2H3,(H,23,24). The highest BCUT2D eigenvalue weighted by Crippen LogP contribution is 2.30. The molecule has 0 aliphatic heterocycles. The first-order valence-corrected chi connectivity index (χ1v) is 9.36. The topological polar surface area (TPSA) is 86.3 Å². The number of aromatic nitrogens is 5. The Labute approximate surface area is 165 Å². The predicted molar refractivity (Wildman–Crippen MR) is 105 cm³/mol. The fourth-order valence-corrected chi connectivity index (χ4v) is 3.37. The second-order valence-corrected chi connectivity index (χ2v) is 7.27. The fraction of sp³-hybridized carbons (Fsp3) is 0.300. The summed E-state index contributed by atoms with van der Waals surface area (Å²) in [5.74, 6) is -0.205. The zero-order valence-electron chi connectivity index (χ0n) is 16.0. The number of ether oxygens (including phenoxy) is 1. The normalized spacial score (nSPS) is 13.9. The third-order valence-electron chi connectivity index (χ3n) is 5.07. The first kappa shape index (κ1) is 17.6. The van der Waals surface area contributed by atoms with E-state index >= 15 is 0 Å². The molecule has 1 fully saturated rings. The van der Waals surface area contributed by atoms with Crippen LogP contribution in [-0.2, 0) is 23.0 Å². The average Bonchev–Trinajstić information content (AvgIpc) is 3.28. The Bertz CT molecular complexity index is 1260. The summed E-state index contributed by atoms with van der Waals surface area (Å²) in [6, 6.07) is 6.89. The molecule has 1 N–H and O–H groups in total. The Hall–Kier alpha value is -3.49. The molecule has 0 spiro atoms. The van der Waals surface area contributed by atoms with Crippen LogP contribution in [0, 0.1) is 5.82 Å². The number of benzene rings is 1. The van der Waals surface area contributed by atoms with Gasteiger partial charge >= 0.3 is 5.97 Å². The highest BCUT2D eigenvalue weighted by atomic mass is 19.1. The quantitative estimate of drug-likeness (QED) is 0.524. The van der Waals surface area contributed by atoms with E-state index in [0.717, 1.165) is 29.8 Å². The maximum absolute atomic E-state index is 14.1. The number of hydrogen-bond donors (Lipinski definition) is 1. The molecule has 5 rings (SSSR count). The van der Waals surface area contributed by atoms with Gasteiger partial charge in [-0.05, 0) is 36.6 Å². The molecule has 9 heteroatoms. The number of methoxy groups -OCH3 is 1. The molecule has 1 saturated carbocycles. The first-order chi connectivity index (χ1) is 14.0. The molecule has 148 valence electrons. The zero-order valence-corrected chi connectivity index (χ0v) is 16.0. The highest BCUT2D eigenvalue weighted by molar-refractivity contribution is 5.87. The van der Waals surface area contributed by atoms with Gasteiger partial charge in [-0.15, -0.1) is 0 Å². The van der Waals surface area contributed by atoms with Gasteiger partial charge in [-0.3, -0.25) is 4.79 Å². The molecule has 1 aliphatic rings. The van der Waals surface area contributed by atoms with Gasteiger partial charge < -0.3 is 14.6 Å². The number of anilines is 1. The Morgan fingerprint density at radius 2 is 2.17 bits per heavy atom. The van der Waals surface area contributed by atoms with Crippen molar-refractivity contribution in [3.63, 3.8) is 0 Å². The highest BCUT2D eigenvalue weighted by Gasteiger charge is 2.24. The number of rotatable bonds is 5. The van der Waals surface area contributed by atoms with E-state index in [-0.39, 0.29) is 12.0 Å². The van der Waals surface area contributed by atoms with Crippen LogP contribution in [0.5, 0.6) is 0 Å². The number of nitrogens with one attached hydrogen (secondary N) is 1. The van der Waals surface area contributed by atoms with Crippen LogP contribution in [0.25, 0.3) is 28.1 Å². The van der Waals surface area contributed by atoms with E-state index in [1.807, 2.05) is 17.7 Å². The van der Waals surface area contributed by atoms with Gasteiger partial charge in [-0.1, -0.05) is 0 Å². The van der Waals surface area contributed by atoms with E-state index in [0.29, 0.717) is 22.9 Å². The van der Waals surface area contributed by atoms with Crippen LogP contribution in [0.3, 0.4) is 0 Å². The van der Waals surface area contributed by atoms with E-state index in [1.165, 1.54) is 13.2 Å². The number of aryl methyl sites for hydroxylation is 1. The Morgan fingerprint density at radius 3 is 2.93 bits per heavy atom. The molecule has 0 saturated heterocycles. The lowest BCUT2D eigenvalue weighted by atomic mass is 10.1. The van der Waals surface area contributed by atoms with Crippen molar-refractivity contribution in [2.75, 3.05) is 12.4 Å². The molecule has 4 aromatic rings. The smallest absolute Gasteiger partial charge is 0.310 e. The van der Waals surface area contributed by atoms with Gasteiger partial charge in [0, 0.05) is 24.7 Å². The Kier molecular flexibility index (Phi) is 3.97. The first-order valence-electron chi connectivity index (χ1n) is 9.36. The van der Waals surface area contributed by atoms with Crippen molar-refractivity contribution in [3.05, 3.63) is 42.0 Å². The average molecular weight is 394 g/mol. The van der Waals surface area contributed by atoms with Crippen LogP contribution >= 0.6 is 0 Å². The minimum absolute atomic E-state index is 0.136. The number of carbonyl (C=O) groups is 1. The van der Waals surface area contributed by atoms with E-state index in [1.54, 1.807) is 23.0 Å². The molecule has 8 nitrogen and oxygen atoms in total. The summed E-state index contributed by atoms with van der Waals surface area (Å²) in [5, 5.41) is 8.11. The molecule has 0 radical (unpaired) electrons. The Balaban J connectivity index is 1.63. The van der Waals surface area contributed by atoms with Gasteiger partial charge in [0.25, 0.3) is 0 Å². The van der Waals surface area contributed by atoms with Crippen LogP contribution in [0.15, 0.2) is 30.6 Å². The van der Waals surface area contributed by atoms with Crippen molar-refractivity contribution >= 4 is 28.6 Å². The summed E-state index contributed by atoms with van der Waals surface area (Å²) in [4.78, 5) is 20.8. The summed E-state index contributed by atoms with van der Waals surface area (Å²) >= 11 is 0.